The van der Waals surface area contributed by atoms with Crippen LogP contribution in [0.1, 0.15) is 35.5 Å². The van der Waals surface area contributed by atoms with E-state index < -0.39 is 0 Å². The van der Waals surface area contributed by atoms with Gasteiger partial charge in [0.15, 0.2) is 0 Å². The van der Waals surface area contributed by atoms with Gasteiger partial charge in [-0.25, -0.2) is 4.98 Å². The second-order valence-electron chi connectivity index (χ2n) is 7.12. The highest BCUT2D eigenvalue weighted by atomic mass is 32.1. The number of rotatable bonds is 4. The third-order valence-corrected chi connectivity index (χ3v) is 6.37. The van der Waals surface area contributed by atoms with E-state index in [4.69, 9.17) is 0 Å². The highest BCUT2D eigenvalue weighted by molar-refractivity contribution is 7.18. The molecule has 0 bridgehead atoms. The van der Waals surface area contributed by atoms with Gasteiger partial charge in [0.25, 0.3) is 5.56 Å². The number of thiophene rings is 1. The first kappa shape index (κ1) is 17.1. The Balaban J connectivity index is 1.31. The normalized spacial score (nSPS) is 13.7. The van der Waals surface area contributed by atoms with Crippen LogP contribution in [0.25, 0.3) is 21.1 Å². The predicted molar refractivity (Wildman–Crippen MR) is 110 cm³/mol. The average Bonchev–Trinajstić information content (AvgIpc) is 3.30. The molecule has 142 valence electrons. The van der Waals surface area contributed by atoms with E-state index in [0.717, 1.165) is 46.1 Å². The molecule has 28 heavy (non-hydrogen) atoms. The Hall–Kier alpha value is -3.00. The monoisotopic (exact) mass is 393 g/mol. The summed E-state index contributed by atoms with van der Waals surface area (Å²) in [6.07, 6.45) is 6.67. The van der Waals surface area contributed by atoms with Crippen molar-refractivity contribution >= 4 is 44.1 Å². The second-order valence-corrected chi connectivity index (χ2v) is 8.21. The van der Waals surface area contributed by atoms with Crippen molar-refractivity contribution in [2.75, 3.05) is 5.32 Å². The second kappa shape index (κ2) is 6.87. The number of aromatic amines is 2. The van der Waals surface area contributed by atoms with Crippen LogP contribution in [0.3, 0.4) is 0 Å². The number of carbonyl (C=O) groups is 1. The molecule has 4 aromatic rings. The van der Waals surface area contributed by atoms with Crippen LogP contribution in [0.5, 0.6) is 0 Å². The SMILES string of the molecule is O=C(CCc1nc2sc3c(c2c(=O)[nH]1)CCCC3)Nc1ccc2[nH]ncc2c1. The molecule has 1 amide bonds. The summed E-state index contributed by atoms with van der Waals surface area (Å²) < 4.78 is 0. The fourth-order valence-electron chi connectivity index (χ4n) is 3.80. The molecular formula is C20H19N5O2S. The molecule has 3 heterocycles. The molecular weight excluding hydrogens is 374 g/mol. The van der Waals surface area contributed by atoms with Crippen LogP contribution in [0.4, 0.5) is 5.69 Å². The number of aromatic nitrogens is 4. The van der Waals surface area contributed by atoms with Crippen molar-refractivity contribution in [1.29, 1.82) is 0 Å². The zero-order valence-electron chi connectivity index (χ0n) is 15.2. The molecule has 1 aliphatic rings. The van der Waals surface area contributed by atoms with Crippen LogP contribution in [0, 0.1) is 0 Å². The number of nitrogens with one attached hydrogen (secondary N) is 3. The third kappa shape index (κ3) is 3.09. The van der Waals surface area contributed by atoms with Gasteiger partial charge < -0.3 is 10.3 Å². The number of anilines is 1. The number of aryl methyl sites for hydroxylation is 3. The minimum atomic E-state index is -0.115. The van der Waals surface area contributed by atoms with Crippen LogP contribution >= 0.6 is 11.3 Å². The van der Waals surface area contributed by atoms with E-state index in [1.807, 2.05) is 18.2 Å². The van der Waals surface area contributed by atoms with Crippen molar-refractivity contribution in [2.45, 2.75) is 38.5 Å². The lowest BCUT2D eigenvalue weighted by Gasteiger charge is -2.09. The van der Waals surface area contributed by atoms with Gasteiger partial charge in [-0.1, -0.05) is 0 Å². The van der Waals surface area contributed by atoms with E-state index in [0.29, 0.717) is 12.2 Å². The third-order valence-electron chi connectivity index (χ3n) is 5.19. The van der Waals surface area contributed by atoms with Crippen molar-refractivity contribution in [2.24, 2.45) is 0 Å². The van der Waals surface area contributed by atoms with Gasteiger partial charge >= 0.3 is 0 Å². The van der Waals surface area contributed by atoms with Crippen molar-refractivity contribution < 1.29 is 4.79 Å². The molecule has 8 heteroatoms. The van der Waals surface area contributed by atoms with Gasteiger partial charge in [-0.05, 0) is 49.4 Å². The lowest BCUT2D eigenvalue weighted by molar-refractivity contribution is -0.116. The van der Waals surface area contributed by atoms with E-state index in [2.05, 4.69) is 25.5 Å². The maximum atomic E-state index is 12.6. The molecule has 0 spiro atoms. The molecule has 3 aromatic heterocycles. The summed E-state index contributed by atoms with van der Waals surface area (Å²) in [5.74, 6) is 0.451. The highest BCUT2D eigenvalue weighted by Gasteiger charge is 2.19. The molecule has 0 aliphatic heterocycles. The average molecular weight is 393 g/mol. The Morgan fingerprint density at radius 3 is 3.07 bits per heavy atom. The summed E-state index contributed by atoms with van der Waals surface area (Å²) in [7, 11) is 0. The standard InChI is InChI=1S/C20H19N5O2S/c26-17(22-12-5-6-14-11(9-12)10-21-25-14)8-7-16-23-19(27)18-13-3-1-2-4-15(13)28-20(18)24-16/h5-6,9-10H,1-4,7-8H2,(H,21,25)(H,22,26)(H,23,24,27). The molecule has 3 N–H and O–H groups in total. The van der Waals surface area contributed by atoms with Crippen LogP contribution in [-0.2, 0) is 24.1 Å². The summed E-state index contributed by atoms with van der Waals surface area (Å²) in [6.45, 7) is 0. The zero-order chi connectivity index (χ0) is 19.1. The molecule has 0 unspecified atom stereocenters. The van der Waals surface area contributed by atoms with Gasteiger partial charge in [0.05, 0.1) is 17.1 Å². The van der Waals surface area contributed by atoms with Gasteiger partial charge in [0.2, 0.25) is 5.91 Å². The minimum Gasteiger partial charge on any atom is -0.326 e. The van der Waals surface area contributed by atoms with Crippen LogP contribution in [-0.4, -0.2) is 26.1 Å². The molecule has 1 aromatic carbocycles. The minimum absolute atomic E-state index is 0.0785. The van der Waals surface area contributed by atoms with E-state index in [-0.39, 0.29) is 17.9 Å². The maximum Gasteiger partial charge on any atom is 0.259 e. The number of carbonyl (C=O) groups excluding carboxylic acids is 1. The number of hydrogen-bond donors (Lipinski definition) is 3. The Morgan fingerprint density at radius 1 is 1.25 bits per heavy atom. The molecule has 1 aliphatic carbocycles. The fraction of sp³-hybridized carbons (Fsp3) is 0.300. The van der Waals surface area contributed by atoms with Crippen LogP contribution in [0.2, 0.25) is 0 Å². The molecule has 7 nitrogen and oxygen atoms in total. The zero-order valence-corrected chi connectivity index (χ0v) is 16.0. The van der Waals surface area contributed by atoms with E-state index in [1.54, 1.807) is 17.5 Å². The molecule has 0 fully saturated rings. The van der Waals surface area contributed by atoms with E-state index in [9.17, 15) is 9.59 Å². The Kier molecular flexibility index (Phi) is 4.20. The van der Waals surface area contributed by atoms with Crippen molar-refractivity contribution in [3.05, 3.63) is 51.0 Å². The first-order valence-corrected chi connectivity index (χ1v) is 10.3. The predicted octanol–water partition coefficient (Wildman–Crippen LogP) is 3.31. The Labute approximate surface area is 164 Å². The largest absolute Gasteiger partial charge is 0.326 e. The summed E-state index contributed by atoms with van der Waals surface area (Å²) in [5.41, 5.74) is 2.75. The van der Waals surface area contributed by atoms with Crippen LogP contribution < -0.4 is 10.9 Å². The van der Waals surface area contributed by atoms with Gasteiger partial charge in [-0.2, -0.15) is 5.10 Å². The van der Waals surface area contributed by atoms with Gasteiger partial charge in [-0.3, -0.25) is 14.7 Å². The number of hydrogen-bond acceptors (Lipinski definition) is 5. The van der Waals surface area contributed by atoms with Crippen molar-refractivity contribution in [3.63, 3.8) is 0 Å². The summed E-state index contributed by atoms with van der Waals surface area (Å²) >= 11 is 1.63. The summed E-state index contributed by atoms with van der Waals surface area (Å²) in [6, 6.07) is 5.59. The number of H-pyrrole nitrogens is 2. The number of fused-ring (bicyclic) bond motifs is 4. The first-order chi connectivity index (χ1) is 13.7. The fourth-order valence-corrected chi connectivity index (χ4v) is 5.08. The van der Waals surface area contributed by atoms with Crippen LogP contribution in [0.15, 0.2) is 29.2 Å². The number of nitrogens with zero attached hydrogens (tertiary/aromatic N) is 2. The molecule has 5 rings (SSSR count). The summed E-state index contributed by atoms with van der Waals surface area (Å²) in [5, 5.41) is 11.4. The highest BCUT2D eigenvalue weighted by Crippen LogP contribution is 2.33. The smallest absolute Gasteiger partial charge is 0.259 e. The van der Waals surface area contributed by atoms with E-state index in [1.165, 1.54) is 16.9 Å². The number of benzene rings is 1. The van der Waals surface area contributed by atoms with Crippen molar-refractivity contribution in [1.82, 2.24) is 20.2 Å². The molecule has 0 saturated heterocycles. The lowest BCUT2D eigenvalue weighted by Crippen LogP contribution is -2.16. The first-order valence-electron chi connectivity index (χ1n) is 9.44. The Morgan fingerprint density at radius 2 is 2.14 bits per heavy atom. The Bertz CT molecular complexity index is 1250. The van der Waals surface area contributed by atoms with Crippen molar-refractivity contribution in [3.8, 4) is 0 Å². The van der Waals surface area contributed by atoms with Gasteiger partial charge in [0.1, 0.15) is 10.7 Å². The molecule has 0 radical (unpaired) electrons. The lowest BCUT2D eigenvalue weighted by atomic mass is 9.97. The molecule has 0 saturated carbocycles. The molecule has 0 atom stereocenters. The number of amides is 1. The summed E-state index contributed by atoms with van der Waals surface area (Å²) in [4.78, 5) is 34.5. The maximum absolute atomic E-state index is 12.6. The van der Waals surface area contributed by atoms with Gasteiger partial charge in [0, 0.05) is 28.8 Å². The van der Waals surface area contributed by atoms with Gasteiger partial charge in [-0.15, -0.1) is 11.3 Å². The quantitative estimate of drug-likeness (QED) is 0.495. The topological polar surface area (TPSA) is 104 Å². The van der Waals surface area contributed by atoms with E-state index >= 15 is 0 Å².